The number of carbonyl (C=O) groups excluding carboxylic acids is 1. The fraction of sp³-hybridized carbons (Fsp3) is 0.350. The molecule has 3 rings (SSSR count). The van der Waals surface area contributed by atoms with E-state index in [0.717, 1.165) is 47.2 Å². The fourth-order valence-corrected chi connectivity index (χ4v) is 4.46. The Bertz CT molecular complexity index is 916. The largest absolute Gasteiger partial charge is 0.325 e. The van der Waals surface area contributed by atoms with Gasteiger partial charge in [0.25, 0.3) is 0 Å². The molecule has 27 heavy (non-hydrogen) atoms. The topological polar surface area (TPSA) is 59.8 Å². The second-order valence-electron chi connectivity index (χ2n) is 6.05. The van der Waals surface area contributed by atoms with Crippen molar-refractivity contribution in [2.45, 2.75) is 45.3 Å². The van der Waals surface area contributed by atoms with E-state index in [1.54, 1.807) is 11.3 Å². The molecule has 2 heterocycles. The number of nitrogens with zero attached hydrogens (tertiary/aromatic N) is 3. The molecule has 142 valence electrons. The fourth-order valence-electron chi connectivity index (χ4n) is 2.84. The summed E-state index contributed by atoms with van der Waals surface area (Å²) in [5, 5.41) is 14.6. The van der Waals surface area contributed by atoms with E-state index in [-0.39, 0.29) is 5.91 Å². The summed E-state index contributed by atoms with van der Waals surface area (Å²) < 4.78 is 2.07. The standard InChI is InChI=1S/C20H24N4OS2/c1-4-14-9-7-8-10-17(14)21-18(25)13-27-20-23-22-19(24(20)6-3)15-11-16(5-2)26-12-15/h7-12H,4-6,13H2,1-3H3,(H,21,25). The maximum absolute atomic E-state index is 12.4. The molecule has 0 aliphatic heterocycles. The van der Waals surface area contributed by atoms with Crippen molar-refractivity contribution in [3.05, 3.63) is 46.2 Å². The number of para-hydroxylation sites is 1. The predicted molar refractivity (Wildman–Crippen MR) is 114 cm³/mol. The average molecular weight is 401 g/mol. The van der Waals surface area contributed by atoms with E-state index in [1.165, 1.54) is 16.6 Å². The summed E-state index contributed by atoms with van der Waals surface area (Å²) in [4.78, 5) is 13.7. The first-order valence-corrected chi connectivity index (χ1v) is 11.0. The van der Waals surface area contributed by atoms with E-state index in [0.29, 0.717) is 5.75 Å². The van der Waals surface area contributed by atoms with Crippen LogP contribution < -0.4 is 5.32 Å². The number of thiophene rings is 1. The van der Waals surface area contributed by atoms with Crippen molar-refractivity contribution in [3.8, 4) is 11.4 Å². The van der Waals surface area contributed by atoms with Crippen LogP contribution in [0.4, 0.5) is 5.69 Å². The van der Waals surface area contributed by atoms with Gasteiger partial charge in [0.05, 0.1) is 5.75 Å². The maximum atomic E-state index is 12.4. The second-order valence-corrected chi connectivity index (χ2v) is 7.99. The Balaban J connectivity index is 1.68. The highest BCUT2D eigenvalue weighted by Crippen LogP contribution is 2.28. The van der Waals surface area contributed by atoms with Crippen molar-refractivity contribution in [2.75, 3.05) is 11.1 Å². The van der Waals surface area contributed by atoms with Crippen molar-refractivity contribution >= 4 is 34.7 Å². The molecular formula is C20H24N4OS2. The monoisotopic (exact) mass is 400 g/mol. The summed E-state index contributed by atoms with van der Waals surface area (Å²) in [5.41, 5.74) is 3.12. The average Bonchev–Trinajstić information content (AvgIpc) is 3.32. The van der Waals surface area contributed by atoms with Gasteiger partial charge in [-0.05, 0) is 37.5 Å². The number of rotatable bonds is 8. The highest BCUT2D eigenvalue weighted by atomic mass is 32.2. The zero-order valence-corrected chi connectivity index (χ0v) is 17.5. The molecule has 0 unspecified atom stereocenters. The van der Waals surface area contributed by atoms with Crippen LogP contribution in [0.1, 0.15) is 31.2 Å². The lowest BCUT2D eigenvalue weighted by molar-refractivity contribution is -0.113. The van der Waals surface area contributed by atoms with Gasteiger partial charge in [0.15, 0.2) is 11.0 Å². The molecule has 0 saturated carbocycles. The van der Waals surface area contributed by atoms with Gasteiger partial charge in [0, 0.05) is 28.1 Å². The molecule has 0 aliphatic carbocycles. The number of nitrogens with one attached hydrogen (secondary N) is 1. The molecule has 3 aromatic rings. The van der Waals surface area contributed by atoms with Crippen LogP contribution in [0.3, 0.4) is 0 Å². The van der Waals surface area contributed by atoms with E-state index < -0.39 is 0 Å². The van der Waals surface area contributed by atoms with Crippen LogP contribution in [0.25, 0.3) is 11.4 Å². The lowest BCUT2D eigenvalue weighted by Crippen LogP contribution is -2.15. The van der Waals surface area contributed by atoms with Crippen LogP contribution in [-0.2, 0) is 24.2 Å². The molecule has 1 aromatic carbocycles. The Labute approximate surface area is 168 Å². The molecule has 5 nitrogen and oxygen atoms in total. The normalized spacial score (nSPS) is 10.9. The quantitative estimate of drug-likeness (QED) is 0.547. The van der Waals surface area contributed by atoms with E-state index in [2.05, 4.69) is 52.3 Å². The first-order chi connectivity index (χ1) is 13.2. The molecule has 0 atom stereocenters. The maximum Gasteiger partial charge on any atom is 0.234 e. The smallest absolute Gasteiger partial charge is 0.234 e. The number of hydrogen-bond donors (Lipinski definition) is 1. The van der Waals surface area contributed by atoms with Crippen LogP contribution >= 0.6 is 23.1 Å². The van der Waals surface area contributed by atoms with Gasteiger partial charge in [0.1, 0.15) is 0 Å². The minimum atomic E-state index is -0.0306. The van der Waals surface area contributed by atoms with Gasteiger partial charge in [-0.15, -0.1) is 21.5 Å². The molecule has 0 saturated heterocycles. The first kappa shape index (κ1) is 19.6. The molecule has 0 bridgehead atoms. The highest BCUT2D eigenvalue weighted by molar-refractivity contribution is 7.99. The Morgan fingerprint density at radius 2 is 2.00 bits per heavy atom. The van der Waals surface area contributed by atoms with Gasteiger partial charge < -0.3 is 9.88 Å². The highest BCUT2D eigenvalue weighted by Gasteiger charge is 2.16. The Hall–Kier alpha value is -2.12. The zero-order valence-electron chi connectivity index (χ0n) is 15.9. The number of benzene rings is 1. The Kier molecular flexibility index (Phi) is 6.68. The molecule has 1 N–H and O–H groups in total. The summed E-state index contributed by atoms with van der Waals surface area (Å²) >= 11 is 3.16. The van der Waals surface area contributed by atoms with Crippen LogP contribution in [0.2, 0.25) is 0 Å². The number of aromatic nitrogens is 3. The molecule has 0 spiro atoms. The van der Waals surface area contributed by atoms with E-state index >= 15 is 0 Å². The minimum Gasteiger partial charge on any atom is -0.325 e. The van der Waals surface area contributed by atoms with Crippen LogP contribution in [0.15, 0.2) is 40.9 Å². The predicted octanol–water partition coefficient (Wildman–Crippen LogP) is 4.88. The number of hydrogen-bond acceptors (Lipinski definition) is 5. The summed E-state index contributed by atoms with van der Waals surface area (Å²) in [6, 6.07) is 10.1. The van der Waals surface area contributed by atoms with Crippen molar-refractivity contribution in [2.24, 2.45) is 0 Å². The third-order valence-electron chi connectivity index (χ3n) is 4.30. The molecule has 0 fully saturated rings. The molecule has 7 heteroatoms. The van der Waals surface area contributed by atoms with E-state index in [1.807, 2.05) is 24.3 Å². The number of carbonyl (C=O) groups is 1. The van der Waals surface area contributed by atoms with Crippen LogP contribution in [0, 0.1) is 0 Å². The van der Waals surface area contributed by atoms with Gasteiger partial charge in [-0.3, -0.25) is 4.79 Å². The Morgan fingerprint density at radius 3 is 2.70 bits per heavy atom. The lowest BCUT2D eigenvalue weighted by atomic mass is 10.1. The SMILES string of the molecule is CCc1cc(-c2nnc(SCC(=O)Nc3ccccc3CC)n2CC)cs1. The third kappa shape index (κ3) is 4.59. The van der Waals surface area contributed by atoms with E-state index in [4.69, 9.17) is 0 Å². The van der Waals surface area contributed by atoms with Crippen molar-refractivity contribution < 1.29 is 4.79 Å². The molecule has 1 amide bonds. The van der Waals surface area contributed by atoms with Crippen molar-refractivity contribution in [3.63, 3.8) is 0 Å². The van der Waals surface area contributed by atoms with Gasteiger partial charge in [-0.2, -0.15) is 0 Å². The number of aryl methyl sites for hydroxylation is 2. The van der Waals surface area contributed by atoms with E-state index in [9.17, 15) is 4.79 Å². The molecular weight excluding hydrogens is 376 g/mol. The summed E-state index contributed by atoms with van der Waals surface area (Å²) in [6.45, 7) is 7.07. The zero-order chi connectivity index (χ0) is 19.2. The van der Waals surface area contributed by atoms with Gasteiger partial charge in [-0.1, -0.05) is 43.8 Å². The van der Waals surface area contributed by atoms with Crippen LogP contribution in [-0.4, -0.2) is 26.4 Å². The molecule has 2 aromatic heterocycles. The number of thioether (sulfide) groups is 1. The third-order valence-corrected chi connectivity index (χ3v) is 6.35. The molecule has 0 radical (unpaired) electrons. The number of anilines is 1. The van der Waals surface area contributed by atoms with Crippen molar-refractivity contribution in [1.82, 2.24) is 14.8 Å². The summed E-state index contributed by atoms with van der Waals surface area (Å²) in [7, 11) is 0. The van der Waals surface area contributed by atoms with Crippen molar-refractivity contribution in [1.29, 1.82) is 0 Å². The lowest BCUT2D eigenvalue weighted by Gasteiger charge is -2.10. The van der Waals surface area contributed by atoms with Gasteiger partial charge >= 0.3 is 0 Å². The minimum absolute atomic E-state index is 0.0306. The molecule has 0 aliphatic rings. The van der Waals surface area contributed by atoms with Gasteiger partial charge in [0.2, 0.25) is 5.91 Å². The second kappa shape index (κ2) is 9.19. The van der Waals surface area contributed by atoms with Gasteiger partial charge in [-0.25, -0.2) is 0 Å². The first-order valence-electron chi connectivity index (χ1n) is 9.17. The summed E-state index contributed by atoms with van der Waals surface area (Å²) in [5.74, 6) is 1.14. The van der Waals surface area contributed by atoms with Crippen LogP contribution in [0.5, 0.6) is 0 Å². The number of amides is 1. The Morgan fingerprint density at radius 1 is 1.19 bits per heavy atom. The summed E-state index contributed by atoms with van der Waals surface area (Å²) in [6.07, 6.45) is 1.91.